The van der Waals surface area contributed by atoms with Gasteiger partial charge in [0.25, 0.3) is 0 Å². The summed E-state index contributed by atoms with van der Waals surface area (Å²) in [5.74, 6) is -1.90. The van der Waals surface area contributed by atoms with Crippen LogP contribution in [0, 0.1) is 25.6 Å². The number of carbonyl (C=O) groups is 2. The first kappa shape index (κ1) is 23.7. The number of anilines is 1. The Morgan fingerprint density at radius 2 is 1.67 bits per heavy atom. The van der Waals surface area contributed by atoms with Crippen LogP contribution in [0.4, 0.5) is 10.1 Å². The molecule has 0 heterocycles. The molecule has 1 amide bonds. The molecule has 2 atom stereocenters. The molecule has 2 unspecified atom stereocenters. The number of hydrogen-bond donors (Lipinski definition) is 1. The zero-order chi connectivity index (χ0) is 23.9. The molecule has 1 fully saturated rings. The Balaban J connectivity index is 1.50. The molecule has 0 aliphatic heterocycles. The molecule has 0 radical (unpaired) electrons. The number of halogens is 4. The molecule has 7 heteroatoms. The van der Waals surface area contributed by atoms with Gasteiger partial charge in [-0.3, -0.25) is 9.59 Å². The molecule has 1 saturated carbocycles. The molecule has 1 aliphatic rings. The van der Waals surface area contributed by atoms with Gasteiger partial charge < -0.3 is 5.32 Å². The zero-order valence-corrected chi connectivity index (χ0v) is 20.2. The second-order valence-corrected chi connectivity index (χ2v) is 10.2. The molecule has 33 heavy (non-hydrogen) atoms. The van der Waals surface area contributed by atoms with E-state index in [2.05, 4.69) is 5.32 Å². The monoisotopic (exact) mass is 503 g/mol. The molecule has 0 aromatic heterocycles. The van der Waals surface area contributed by atoms with Crippen molar-refractivity contribution in [3.63, 3.8) is 0 Å². The number of alkyl halides is 2. The van der Waals surface area contributed by atoms with Gasteiger partial charge in [-0.05, 0) is 66.4 Å². The Labute approximate surface area is 206 Å². The first-order valence-corrected chi connectivity index (χ1v) is 11.5. The number of benzene rings is 3. The van der Waals surface area contributed by atoms with Crippen molar-refractivity contribution in [1.82, 2.24) is 0 Å². The molecule has 3 aromatic rings. The summed E-state index contributed by atoms with van der Waals surface area (Å²) in [6.07, 6.45) is 0.0569. The summed E-state index contributed by atoms with van der Waals surface area (Å²) in [6.45, 7) is 4.01. The van der Waals surface area contributed by atoms with Gasteiger partial charge in [-0.1, -0.05) is 41.9 Å². The zero-order valence-electron chi connectivity index (χ0n) is 18.0. The molecule has 4 rings (SSSR count). The molecule has 3 aromatic carbocycles. The van der Waals surface area contributed by atoms with Crippen LogP contribution in [0.15, 0.2) is 60.7 Å². The first-order chi connectivity index (χ1) is 15.6. The molecule has 0 saturated heterocycles. The van der Waals surface area contributed by atoms with E-state index >= 15 is 0 Å². The maximum absolute atomic E-state index is 13.1. The average Bonchev–Trinajstić information content (AvgIpc) is 3.35. The number of rotatable bonds is 6. The Morgan fingerprint density at radius 3 is 2.33 bits per heavy atom. The van der Waals surface area contributed by atoms with Gasteiger partial charge in [0.05, 0.1) is 10.9 Å². The van der Waals surface area contributed by atoms with Crippen LogP contribution in [0.1, 0.15) is 38.5 Å². The third kappa shape index (κ3) is 4.93. The molecule has 0 spiro atoms. The fraction of sp³-hybridized carbons (Fsp3) is 0.231. The van der Waals surface area contributed by atoms with Crippen LogP contribution >= 0.6 is 34.8 Å². The van der Waals surface area contributed by atoms with Gasteiger partial charge >= 0.3 is 0 Å². The quantitative estimate of drug-likeness (QED) is 0.289. The van der Waals surface area contributed by atoms with Crippen molar-refractivity contribution in [1.29, 1.82) is 0 Å². The smallest absolute Gasteiger partial charge is 0.231 e. The number of hydrogen-bond acceptors (Lipinski definition) is 2. The lowest BCUT2D eigenvalue weighted by Crippen LogP contribution is -2.17. The highest BCUT2D eigenvalue weighted by Crippen LogP contribution is 2.65. The lowest BCUT2D eigenvalue weighted by molar-refractivity contribution is -0.117. The van der Waals surface area contributed by atoms with Crippen LogP contribution in [-0.4, -0.2) is 16.0 Å². The minimum Gasteiger partial charge on any atom is -0.326 e. The standard InChI is InChI=1S/C26H21Cl3FNO2/c1-14-3-6-17(11-15(14)2)23-24(26(23,28)29)25(33)31-19-9-10-21(27)20(13-19)22(32)12-16-4-7-18(30)8-5-16/h3-11,13,23-24H,12H2,1-2H3,(H,31,33). The van der Waals surface area contributed by atoms with E-state index < -0.39 is 10.3 Å². The number of amides is 1. The third-order valence-electron chi connectivity index (χ3n) is 6.04. The van der Waals surface area contributed by atoms with Crippen molar-refractivity contribution in [2.75, 3.05) is 5.32 Å². The highest BCUT2D eigenvalue weighted by atomic mass is 35.5. The predicted octanol–water partition coefficient (Wildman–Crippen LogP) is 7.05. The normalized spacial score (nSPS) is 18.6. The molecule has 0 bridgehead atoms. The van der Waals surface area contributed by atoms with Crippen molar-refractivity contribution < 1.29 is 14.0 Å². The Morgan fingerprint density at radius 1 is 0.970 bits per heavy atom. The van der Waals surface area contributed by atoms with E-state index in [4.69, 9.17) is 34.8 Å². The summed E-state index contributed by atoms with van der Waals surface area (Å²) in [5, 5.41) is 3.08. The van der Waals surface area contributed by atoms with E-state index in [9.17, 15) is 14.0 Å². The summed E-state index contributed by atoms with van der Waals surface area (Å²) in [7, 11) is 0. The van der Waals surface area contributed by atoms with E-state index in [0.29, 0.717) is 11.3 Å². The molecule has 170 valence electrons. The molecule has 1 aliphatic carbocycles. The van der Waals surface area contributed by atoms with E-state index in [-0.39, 0.29) is 40.4 Å². The van der Waals surface area contributed by atoms with Crippen LogP contribution in [0.3, 0.4) is 0 Å². The van der Waals surface area contributed by atoms with Crippen molar-refractivity contribution in [3.8, 4) is 0 Å². The minimum absolute atomic E-state index is 0.0569. The SMILES string of the molecule is Cc1ccc(C2C(C(=O)Nc3ccc(Cl)c(C(=O)Cc4ccc(F)cc4)c3)C2(Cl)Cl)cc1C. The van der Waals surface area contributed by atoms with Gasteiger partial charge in [0.2, 0.25) is 5.91 Å². The number of Topliss-reactive ketones (excluding diaryl/α,β-unsaturated/α-hetero) is 1. The fourth-order valence-corrected chi connectivity index (χ4v) is 5.00. The van der Waals surface area contributed by atoms with E-state index in [0.717, 1.165) is 16.7 Å². The lowest BCUT2D eigenvalue weighted by Gasteiger charge is -2.09. The van der Waals surface area contributed by atoms with E-state index in [1.54, 1.807) is 24.3 Å². The fourth-order valence-electron chi connectivity index (χ4n) is 3.95. The van der Waals surface area contributed by atoms with E-state index in [1.165, 1.54) is 18.2 Å². The predicted molar refractivity (Wildman–Crippen MR) is 131 cm³/mol. The Hall–Kier alpha value is -2.40. The van der Waals surface area contributed by atoms with Crippen LogP contribution in [0.25, 0.3) is 0 Å². The van der Waals surface area contributed by atoms with Gasteiger partial charge in [-0.2, -0.15) is 0 Å². The molecular weight excluding hydrogens is 484 g/mol. The maximum atomic E-state index is 13.1. The summed E-state index contributed by atoms with van der Waals surface area (Å²) >= 11 is 19.2. The van der Waals surface area contributed by atoms with Crippen LogP contribution in [-0.2, 0) is 11.2 Å². The van der Waals surface area contributed by atoms with Crippen molar-refractivity contribution in [2.45, 2.75) is 30.5 Å². The van der Waals surface area contributed by atoms with Gasteiger partial charge in [-0.15, -0.1) is 23.2 Å². The van der Waals surface area contributed by atoms with Crippen molar-refractivity contribution in [2.24, 2.45) is 5.92 Å². The first-order valence-electron chi connectivity index (χ1n) is 10.4. The highest BCUT2D eigenvalue weighted by molar-refractivity contribution is 6.53. The second kappa shape index (κ2) is 9.09. The maximum Gasteiger partial charge on any atom is 0.231 e. The summed E-state index contributed by atoms with van der Waals surface area (Å²) in [4.78, 5) is 25.8. The Kier molecular flexibility index (Phi) is 6.54. The number of nitrogens with one attached hydrogen (secondary N) is 1. The van der Waals surface area contributed by atoms with Gasteiger partial charge in [0.15, 0.2) is 5.78 Å². The van der Waals surface area contributed by atoms with Crippen LogP contribution < -0.4 is 5.32 Å². The van der Waals surface area contributed by atoms with Crippen molar-refractivity contribution >= 4 is 52.2 Å². The van der Waals surface area contributed by atoms with Crippen LogP contribution in [0.2, 0.25) is 5.02 Å². The second-order valence-electron chi connectivity index (χ2n) is 8.38. The summed E-state index contributed by atoms with van der Waals surface area (Å²) < 4.78 is 11.9. The van der Waals surface area contributed by atoms with Crippen LogP contribution in [0.5, 0.6) is 0 Å². The van der Waals surface area contributed by atoms with E-state index in [1.807, 2.05) is 32.0 Å². The summed E-state index contributed by atoms with van der Waals surface area (Å²) in [5.41, 5.74) is 4.51. The third-order valence-corrected chi connectivity index (χ3v) is 7.31. The Bertz CT molecular complexity index is 1240. The molecule has 1 N–H and O–H groups in total. The van der Waals surface area contributed by atoms with Gasteiger partial charge in [-0.25, -0.2) is 4.39 Å². The largest absolute Gasteiger partial charge is 0.326 e. The number of ketones is 1. The van der Waals surface area contributed by atoms with Gasteiger partial charge in [0.1, 0.15) is 10.2 Å². The lowest BCUT2D eigenvalue weighted by atomic mass is 10.0. The van der Waals surface area contributed by atoms with Gasteiger partial charge in [0, 0.05) is 23.6 Å². The number of aryl methyl sites for hydroxylation is 2. The molecular formula is C26H21Cl3FNO2. The molecule has 3 nitrogen and oxygen atoms in total. The topological polar surface area (TPSA) is 46.2 Å². The minimum atomic E-state index is -1.21. The highest BCUT2D eigenvalue weighted by Gasteiger charge is 2.67. The number of carbonyl (C=O) groups excluding carboxylic acids is 2. The van der Waals surface area contributed by atoms with Crippen molar-refractivity contribution in [3.05, 3.63) is 99.3 Å². The summed E-state index contributed by atoms with van der Waals surface area (Å²) in [6, 6.07) is 16.3. The average molecular weight is 505 g/mol.